The second kappa shape index (κ2) is 3.72. The van der Waals surface area contributed by atoms with E-state index in [4.69, 9.17) is 5.11 Å². The molecule has 1 saturated carbocycles. The predicted molar refractivity (Wildman–Crippen MR) is 46.2 cm³/mol. The Balaban J connectivity index is 2.38. The van der Waals surface area contributed by atoms with Gasteiger partial charge in [-0.25, -0.2) is 13.1 Å². The van der Waals surface area contributed by atoms with Crippen molar-refractivity contribution in [3.8, 4) is 0 Å². The first-order chi connectivity index (χ1) is 5.51. The Morgan fingerprint density at radius 1 is 1.50 bits per heavy atom. The van der Waals surface area contributed by atoms with Gasteiger partial charge in [0.1, 0.15) is 0 Å². The van der Waals surface area contributed by atoms with Crippen LogP contribution in [0.4, 0.5) is 0 Å². The van der Waals surface area contributed by atoms with Crippen LogP contribution in [0.25, 0.3) is 0 Å². The summed E-state index contributed by atoms with van der Waals surface area (Å²) in [6.07, 6.45) is 3.70. The highest BCUT2D eigenvalue weighted by molar-refractivity contribution is 7.88. The van der Waals surface area contributed by atoms with Crippen molar-refractivity contribution in [1.29, 1.82) is 0 Å². The van der Waals surface area contributed by atoms with Crippen LogP contribution in [0.2, 0.25) is 0 Å². The van der Waals surface area contributed by atoms with E-state index in [1.165, 1.54) is 6.26 Å². The summed E-state index contributed by atoms with van der Waals surface area (Å²) < 4.78 is 24.2. The Labute approximate surface area is 73.0 Å². The third-order valence-electron chi connectivity index (χ3n) is 2.18. The molecule has 0 spiro atoms. The average molecular weight is 193 g/mol. The van der Waals surface area contributed by atoms with Crippen LogP contribution in [-0.2, 0) is 10.0 Å². The van der Waals surface area contributed by atoms with Gasteiger partial charge in [0.15, 0.2) is 0 Å². The van der Waals surface area contributed by atoms with Crippen LogP contribution in [0, 0.1) is 5.92 Å². The van der Waals surface area contributed by atoms with E-state index in [1.807, 2.05) is 0 Å². The first-order valence-corrected chi connectivity index (χ1v) is 5.98. The van der Waals surface area contributed by atoms with Crippen LogP contribution >= 0.6 is 0 Å². The Morgan fingerprint density at radius 3 is 2.58 bits per heavy atom. The predicted octanol–water partition coefficient (Wildman–Crippen LogP) is -0.303. The summed E-state index contributed by atoms with van der Waals surface area (Å²) in [5.41, 5.74) is 0. The number of sulfonamides is 1. The first kappa shape index (κ1) is 9.95. The topological polar surface area (TPSA) is 66.4 Å². The summed E-state index contributed by atoms with van der Waals surface area (Å²) >= 11 is 0. The summed E-state index contributed by atoms with van der Waals surface area (Å²) in [7, 11) is -3.07. The summed E-state index contributed by atoms with van der Waals surface area (Å²) in [5.74, 6) is 0.282. The molecule has 4 nitrogen and oxygen atoms in total. The van der Waals surface area contributed by atoms with E-state index in [0.29, 0.717) is 0 Å². The molecular formula is C7H15NO3S. The molecule has 0 saturated heterocycles. The highest BCUT2D eigenvalue weighted by Gasteiger charge is 2.25. The molecule has 0 bridgehead atoms. The maximum atomic E-state index is 10.8. The Bertz CT molecular complexity index is 237. The fraction of sp³-hybridized carbons (Fsp3) is 1.00. The smallest absolute Gasteiger partial charge is 0.208 e. The van der Waals surface area contributed by atoms with Gasteiger partial charge in [-0.2, -0.15) is 0 Å². The van der Waals surface area contributed by atoms with Crippen molar-refractivity contribution in [3.05, 3.63) is 0 Å². The lowest BCUT2D eigenvalue weighted by Gasteiger charge is -2.09. The van der Waals surface area contributed by atoms with Crippen LogP contribution in [0.15, 0.2) is 0 Å². The van der Waals surface area contributed by atoms with Crippen molar-refractivity contribution < 1.29 is 13.5 Å². The molecule has 0 heterocycles. The number of aliphatic hydroxyl groups is 1. The molecule has 12 heavy (non-hydrogen) atoms. The second-order valence-corrected chi connectivity index (χ2v) is 5.23. The molecule has 0 unspecified atom stereocenters. The molecule has 2 N–H and O–H groups in total. The molecule has 72 valence electrons. The average Bonchev–Trinajstić information content (AvgIpc) is 2.32. The van der Waals surface area contributed by atoms with Gasteiger partial charge in [-0.3, -0.25) is 0 Å². The van der Waals surface area contributed by atoms with Gasteiger partial charge in [-0.1, -0.05) is 0 Å². The van der Waals surface area contributed by atoms with Crippen LogP contribution < -0.4 is 4.72 Å². The van der Waals surface area contributed by atoms with Gasteiger partial charge in [-0.15, -0.1) is 0 Å². The van der Waals surface area contributed by atoms with E-state index in [0.717, 1.165) is 19.3 Å². The molecule has 1 rings (SSSR count). The number of rotatable bonds is 3. The van der Waals surface area contributed by atoms with E-state index in [-0.39, 0.29) is 18.6 Å². The molecule has 2 atom stereocenters. The molecule has 1 fully saturated rings. The van der Waals surface area contributed by atoms with Crippen molar-refractivity contribution in [2.75, 3.05) is 12.9 Å². The molecular weight excluding hydrogens is 178 g/mol. The lowest BCUT2D eigenvalue weighted by Crippen LogP contribution is -2.32. The molecule has 0 amide bonds. The van der Waals surface area contributed by atoms with Gasteiger partial charge in [0.05, 0.1) is 6.26 Å². The van der Waals surface area contributed by atoms with Gasteiger partial charge in [-0.05, 0) is 25.2 Å². The van der Waals surface area contributed by atoms with Crippen molar-refractivity contribution in [2.45, 2.75) is 25.3 Å². The van der Waals surface area contributed by atoms with Gasteiger partial charge in [0, 0.05) is 12.6 Å². The Morgan fingerprint density at radius 2 is 2.17 bits per heavy atom. The van der Waals surface area contributed by atoms with E-state index >= 15 is 0 Å². The minimum Gasteiger partial charge on any atom is -0.396 e. The van der Waals surface area contributed by atoms with Gasteiger partial charge in [0.2, 0.25) is 10.0 Å². The van der Waals surface area contributed by atoms with E-state index in [1.54, 1.807) is 0 Å². The second-order valence-electron chi connectivity index (χ2n) is 3.45. The van der Waals surface area contributed by atoms with Crippen LogP contribution in [0.3, 0.4) is 0 Å². The third kappa shape index (κ3) is 3.08. The standard InChI is InChI=1S/C7H15NO3S/c1-12(10,11)8-7-3-2-6(4-7)5-9/h6-9H,2-5H2,1H3/t6-,7+/m0/s1. The number of hydrogen-bond donors (Lipinski definition) is 2. The summed E-state index contributed by atoms with van der Waals surface area (Å²) in [6, 6.07) is 0.0390. The maximum absolute atomic E-state index is 10.8. The summed E-state index contributed by atoms with van der Waals surface area (Å²) in [6.45, 7) is 0.169. The van der Waals surface area contributed by atoms with Crippen molar-refractivity contribution in [3.63, 3.8) is 0 Å². The highest BCUT2D eigenvalue weighted by atomic mass is 32.2. The normalized spacial score (nSPS) is 30.8. The Kier molecular flexibility index (Phi) is 3.09. The van der Waals surface area contributed by atoms with Crippen LogP contribution in [0.1, 0.15) is 19.3 Å². The lowest BCUT2D eigenvalue weighted by atomic mass is 10.1. The fourth-order valence-electron chi connectivity index (χ4n) is 1.65. The monoisotopic (exact) mass is 193 g/mol. The highest BCUT2D eigenvalue weighted by Crippen LogP contribution is 2.24. The van der Waals surface area contributed by atoms with E-state index in [9.17, 15) is 8.42 Å². The SMILES string of the molecule is CS(=O)(=O)N[C@@H]1CC[C@H](CO)C1. The largest absolute Gasteiger partial charge is 0.396 e. The van der Waals surface area contributed by atoms with E-state index in [2.05, 4.69) is 4.72 Å². The van der Waals surface area contributed by atoms with E-state index < -0.39 is 10.0 Å². The lowest BCUT2D eigenvalue weighted by molar-refractivity contribution is 0.228. The number of nitrogens with one attached hydrogen (secondary N) is 1. The fourth-order valence-corrected chi connectivity index (χ4v) is 2.47. The maximum Gasteiger partial charge on any atom is 0.208 e. The third-order valence-corrected chi connectivity index (χ3v) is 2.94. The minimum absolute atomic E-state index is 0.0390. The van der Waals surface area contributed by atoms with Crippen LogP contribution in [-0.4, -0.2) is 32.4 Å². The molecule has 0 aromatic rings. The number of hydrogen-bond acceptors (Lipinski definition) is 3. The summed E-state index contributed by atoms with van der Waals surface area (Å²) in [5, 5.41) is 8.80. The summed E-state index contributed by atoms with van der Waals surface area (Å²) in [4.78, 5) is 0. The molecule has 1 aliphatic rings. The zero-order chi connectivity index (χ0) is 9.19. The quantitative estimate of drug-likeness (QED) is 0.646. The van der Waals surface area contributed by atoms with Crippen molar-refractivity contribution in [2.24, 2.45) is 5.92 Å². The molecule has 0 aromatic carbocycles. The first-order valence-electron chi connectivity index (χ1n) is 4.09. The van der Waals surface area contributed by atoms with Gasteiger partial charge in [0.25, 0.3) is 0 Å². The number of aliphatic hydroxyl groups excluding tert-OH is 1. The van der Waals surface area contributed by atoms with Crippen LogP contribution in [0.5, 0.6) is 0 Å². The molecule has 0 aliphatic heterocycles. The zero-order valence-corrected chi connectivity index (χ0v) is 7.97. The Hall–Kier alpha value is -0.130. The zero-order valence-electron chi connectivity index (χ0n) is 7.16. The molecule has 0 radical (unpaired) electrons. The molecule has 5 heteroatoms. The molecule has 0 aromatic heterocycles. The molecule has 1 aliphatic carbocycles. The minimum atomic E-state index is -3.07. The van der Waals surface area contributed by atoms with Crippen molar-refractivity contribution in [1.82, 2.24) is 4.72 Å². The van der Waals surface area contributed by atoms with Crippen molar-refractivity contribution >= 4 is 10.0 Å². The van der Waals surface area contributed by atoms with Gasteiger partial charge < -0.3 is 5.11 Å². The van der Waals surface area contributed by atoms with Gasteiger partial charge >= 0.3 is 0 Å².